The molecule has 1 aliphatic heterocycles. The van der Waals surface area contributed by atoms with E-state index < -0.39 is 29.1 Å². The Morgan fingerprint density at radius 2 is 2.00 bits per heavy atom. The molecule has 0 spiro atoms. The average molecular weight is 275 g/mol. The van der Waals surface area contributed by atoms with Gasteiger partial charge in [-0.1, -0.05) is 0 Å². The van der Waals surface area contributed by atoms with Gasteiger partial charge in [-0.25, -0.2) is 4.79 Å². The monoisotopic (exact) mass is 275 g/mol. The molecular weight excluding hydrogens is 254 g/mol. The predicted molar refractivity (Wildman–Crippen MR) is 70.8 cm³/mol. The van der Waals surface area contributed by atoms with Gasteiger partial charge in [0, 0.05) is 6.42 Å². The Kier molecular flexibility index (Phi) is 4.66. The fourth-order valence-corrected chi connectivity index (χ4v) is 2.06. The highest BCUT2D eigenvalue weighted by Gasteiger charge is 2.41. The Balaban J connectivity index is 2.79. The van der Waals surface area contributed by atoms with Gasteiger partial charge < -0.3 is 9.84 Å². The molecule has 0 aromatic rings. The average Bonchev–Trinajstić information content (AvgIpc) is 2.56. The molecule has 18 heavy (non-hydrogen) atoms. The zero-order valence-electron chi connectivity index (χ0n) is 11.2. The third kappa shape index (κ3) is 3.88. The van der Waals surface area contributed by atoms with Crippen molar-refractivity contribution in [3.05, 3.63) is 0 Å². The van der Waals surface area contributed by atoms with Crippen LogP contribution in [0.25, 0.3) is 0 Å². The van der Waals surface area contributed by atoms with Gasteiger partial charge in [-0.3, -0.25) is 9.69 Å². The largest absolute Gasteiger partial charge is 0.444 e. The lowest BCUT2D eigenvalue weighted by molar-refractivity contribution is -0.122. The van der Waals surface area contributed by atoms with Gasteiger partial charge in [0.1, 0.15) is 5.60 Å². The Labute approximate surface area is 113 Å². The molecule has 5 nitrogen and oxygen atoms in total. The summed E-state index contributed by atoms with van der Waals surface area (Å²) >= 11 is 4.08. The first-order valence-corrected chi connectivity index (χ1v) is 6.53. The molecule has 0 bridgehead atoms. The number of thiol groups is 1. The summed E-state index contributed by atoms with van der Waals surface area (Å²) in [5, 5.41) is 9.15. The number of aliphatic hydroxyl groups excluding tert-OH is 1. The van der Waals surface area contributed by atoms with Gasteiger partial charge in [-0.2, -0.15) is 12.6 Å². The lowest BCUT2D eigenvalue weighted by Gasteiger charge is -2.28. The van der Waals surface area contributed by atoms with E-state index in [1.165, 1.54) is 4.90 Å². The summed E-state index contributed by atoms with van der Waals surface area (Å²) in [4.78, 5) is 25.2. The van der Waals surface area contributed by atoms with E-state index in [2.05, 4.69) is 12.6 Å². The highest BCUT2D eigenvalue weighted by atomic mass is 32.1. The summed E-state index contributed by atoms with van der Waals surface area (Å²) in [5.41, 5.74) is -0.620. The molecule has 104 valence electrons. The third-order valence-corrected chi connectivity index (χ3v) is 2.90. The van der Waals surface area contributed by atoms with Crippen LogP contribution in [0.15, 0.2) is 0 Å². The molecule has 0 aromatic heterocycles. The molecule has 0 aliphatic carbocycles. The van der Waals surface area contributed by atoms with E-state index >= 15 is 0 Å². The number of β-amino-alcohol motifs (C(OH)–C–C–N with tert-alkyl or cyclic N) is 1. The van der Waals surface area contributed by atoms with Crippen LogP contribution in [-0.2, 0) is 9.53 Å². The number of ether oxygens (including phenoxy) is 1. The van der Waals surface area contributed by atoms with Crippen LogP contribution in [0.1, 0.15) is 34.1 Å². The minimum atomic E-state index is -0.682. The third-order valence-electron chi connectivity index (χ3n) is 2.65. The summed E-state index contributed by atoms with van der Waals surface area (Å²) in [6, 6.07) is -0.637. The molecule has 1 rings (SSSR count). The molecule has 1 amide bonds. The number of Topliss-reactive ketones (excluding diaryl/α,β-unsaturated/α-hetero) is 1. The molecule has 1 N–H and O–H groups in total. The second-order valence-corrected chi connectivity index (χ2v) is 6.39. The molecule has 0 radical (unpaired) electrons. The van der Waals surface area contributed by atoms with E-state index in [9.17, 15) is 14.7 Å². The van der Waals surface area contributed by atoms with Crippen LogP contribution in [0.4, 0.5) is 4.79 Å². The van der Waals surface area contributed by atoms with Crippen molar-refractivity contribution in [3.8, 4) is 0 Å². The number of likely N-dealkylation sites (tertiary alicyclic amines) is 1. The summed E-state index contributed by atoms with van der Waals surface area (Å²) in [5.74, 6) is -0.166. The maximum absolute atomic E-state index is 12.0. The van der Waals surface area contributed by atoms with E-state index in [4.69, 9.17) is 4.74 Å². The van der Waals surface area contributed by atoms with Gasteiger partial charge in [-0.05, 0) is 27.7 Å². The van der Waals surface area contributed by atoms with Gasteiger partial charge >= 0.3 is 6.09 Å². The van der Waals surface area contributed by atoms with Gasteiger partial charge in [0.25, 0.3) is 0 Å². The second kappa shape index (κ2) is 5.48. The zero-order valence-corrected chi connectivity index (χ0v) is 12.1. The van der Waals surface area contributed by atoms with Crippen molar-refractivity contribution in [1.82, 2.24) is 4.90 Å². The van der Waals surface area contributed by atoms with Crippen molar-refractivity contribution >= 4 is 24.5 Å². The number of ketones is 1. The first-order chi connectivity index (χ1) is 8.11. The van der Waals surface area contributed by atoms with E-state index in [0.29, 0.717) is 0 Å². The van der Waals surface area contributed by atoms with Crippen LogP contribution < -0.4 is 0 Å². The number of rotatable bonds is 2. The molecule has 0 saturated carbocycles. The Hall–Kier alpha value is -0.750. The van der Waals surface area contributed by atoms with E-state index in [-0.39, 0.29) is 18.7 Å². The summed E-state index contributed by atoms with van der Waals surface area (Å²) < 4.78 is 5.23. The topological polar surface area (TPSA) is 66.8 Å². The van der Waals surface area contributed by atoms with Crippen molar-refractivity contribution in [3.63, 3.8) is 0 Å². The Bertz CT molecular complexity index is 337. The van der Waals surface area contributed by atoms with Crippen molar-refractivity contribution in [2.24, 2.45) is 0 Å². The van der Waals surface area contributed by atoms with Crippen molar-refractivity contribution < 1.29 is 19.4 Å². The minimum Gasteiger partial charge on any atom is -0.444 e. The standard InChI is InChI=1S/C12H21NO4S/c1-7(18)10(15)9-5-8(14)6-13(9)11(16)17-12(2,3)4/h7-9,14,18H,5-6H2,1-4H3/t7?,8-,9?/m0/s1. The van der Waals surface area contributed by atoms with Crippen molar-refractivity contribution in [1.29, 1.82) is 0 Å². The molecule has 2 unspecified atom stereocenters. The van der Waals surface area contributed by atoms with Gasteiger partial charge in [0.2, 0.25) is 0 Å². The molecule has 6 heteroatoms. The Morgan fingerprint density at radius 1 is 1.44 bits per heavy atom. The first-order valence-electron chi connectivity index (χ1n) is 6.01. The second-order valence-electron chi connectivity index (χ2n) is 5.62. The molecule has 0 aromatic carbocycles. The summed E-state index contributed by atoms with van der Waals surface area (Å²) in [7, 11) is 0. The zero-order chi connectivity index (χ0) is 14.1. The SMILES string of the molecule is CC(S)C(=O)C1C[C@H](O)CN1C(=O)OC(C)(C)C. The number of amides is 1. The molecule has 1 aliphatic rings. The Morgan fingerprint density at radius 3 is 2.44 bits per heavy atom. The van der Waals surface area contributed by atoms with Crippen LogP contribution in [0.2, 0.25) is 0 Å². The number of hydrogen-bond donors (Lipinski definition) is 2. The fourth-order valence-electron chi connectivity index (χ4n) is 1.88. The van der Waals surface area contributed by atoms with Crippen LogP contribution in [0.5, 0.6) is 0 Å². The normalized spacial score (nSPS) is 26.0. The molecule has 1 saturated heterocycles. The van der Waals surface area contributed by atoms with E-state index in [0.717, 1.165) is 0 Å². The summed E-state index contributed by atoms with van der Waals surface area (Å²) in [6.07, 6.45) is -0.992. The molecule has 3 atom stereocenters. The highest BCUT2D eigenvalue weighted by Crippen LogP contribution is 2.23. The highest BCUT2D eigenvalue weighted by molar-refractivity contribution is 7.81. The van der Waals surface area contributed by atoms with Gasteiger partial charge in [-0.15, -0.1) is 0 Å². The fraction of sp³-hybridized carbons (Fsp3) is 0.833. The summed E-state index contributed by atoms with van der Waals surface area (Å²) in [6.45, 7) is 7.07. The van der Waals surface area contributed by atoms with Crippen LogP contribution in [-0.4, -0.2) is 51.4 Å². The molecular formula is C12H21NO4S. The first kappa shape index (κ1) is 15.3. The number of carbonyl (C=O) groups excluding carboxylic acids is 2. The van der Waals surface area contributed by atoms with Crippen LogP contribution in [0, 0.1) is 0 Å². The maximum Gasteiger partial charge on any atom is 0.410 e. The number of carbonyl (C=O) groups is 2. The quantitative estimate of drug-likeness (QED) is 0.744. The van der Waals surface area contributed by atoms with Crippen LogP contribution >= 0.6 is 12.6 Å². The van der Waals surface area contributed by atoms with Gasteiger partial charge in [0.15, 0.2) is 5.78 Å². The predicted octanol–water partition coefficient (Wildman–Crippen LogP) is 1.24. The minimum absolute atomic E-state index is 0.131. The van der Waals surface area contributed by atoms with Crippen molar-refractivity contribution in [2.45, 2.75) is 57.1 Å². The smallest absolute Gasteiger partial charge is 0.410 e. The lowest BCUT2D eigenvalue weighted by atomic mass is 10.1. The van der Waals surface area contributed by atoms with E-state index in [1.54, 1.807) is 27.7 Å². The van der Waals surface area contributed by atoms with E-state index in [1.807, 2.05) is 0 Å². The molecule has 1 heterocycles. The number of hydrogen-bond acceptors (Lipinski definition) is 5. The van der Waals surface area contributed by atoms with Gasteiger partial charge in [0.05, 0.1) is 23.9 Å². The maximum atomic E-state index is 12.0. The number of nitrogens with zero attached hydrogens (tertiary/aromatic N) is 1. The number of aliphatic hydroxyl groups is 1. The van der Waals surface area contributed by atoms with Crippen LogP contribution in [0.3, 0.4) is 0 Å². The lowest BCUT2D eigenvalue weighted by Crippen LogP contribution is -2.45. The molecule has 1 fully saturated rings. The van der Waals surface area contributed by atoms with Crippen molar-refractivity contribution in [2.75, 3.05) is 6.54 Å².